The highest BCUT2D eigenvalue weighted by Gasteiger charge is 2.01. The van der Waals surface area contributed by atoms with E-state index in [0.717, 1.165) is 16.0 Å². The third-order valence-corrected chi connectivity index (χ3v) is 3.52. The zero-order chi connectivity index (χ0) is 16.1. The molecule has 0 saturated heterocycles. The molecule has 4 nitrogen and oxygen atoms in total. The van der Waals surface area contributed by atoms with Crippen LogP contribution < -0.4 is 4.74 Å². The number of para-hydroxylation sites is 1. The van der Waals surface area contributed by atoms with Crippen molar-refractivity contribution in [2.45, 2.75) is 0 Å². The second-order valence-electron chi connectivity index (χ2n) is 4.74. The molecule has 0 aliphatic carbocycles. The van der Waals surface area contributed by atoms with Crippen LogP contribution in [0.3, 0.4) is 0 Å². The molecule has 1 N–H and O–H groups in total. The minimum absolute atomic E-state index is 0.0842. The van der Waals surface area contributed by atoms with E-state index in [4.69, 9.17) is 4.74 Å². The molecule has 0 unspecified atom stereocenters. The number of phenolic OH excluding ortho intramolecular Hbond substituents is 1. The summed E-state index contributed by atoms with van der Waals surface area (Å²) in [5, 5.41) is 17.9. The minimum atomic E-state index is 0.0842. The van der Waals surface area contributed by atoms with Gasteiger partial charge in [-0.2, -0.15) is 5.11 Å². The fourth-order valence-electron chi connectivity index (χ4n) is 1.89. The van der Waals surface area contributed by atoms with Gasteiger partial charge in [0, 0.05) is 4.47 Å². The molecular formula is C18H13BrN2O2. The smallest absolute Gasteiger partial charge is 0.143 e. The number of azo groups is 1. The van der Waals surface area contributed by atoms with Crippen LogP contribution in [0.25, 0.3) is 0 Å². The van der Waals surface area contributed by atoms with Crippen LogP contribution in [0, 0.1) is 0 Å². The Labute approximate surface area is 142 Å². The summed E-state index contributed by atoms with van der Waals surface area (Å²) in [7, 11) is 0. The summed E-state index contributed by atoms with van der Waals surface area (Å²) in [5.41, 5.74) is 1.08. The predicted molar refractivity (Wildman–Crippen MR) is 92.9 cm³/mol. The lowest BCUT2D eigenvalue weighted by Crippen LogP contribution is -1.82. The largest absolute Gasteiger partial charge is 0.506 e. The van der Waals surface area contributed by atoms with Gasteiger partial charge in [-0.15, -0.1) is 5.11 Å². The average molecular weight is 369 g/mol. The van der Waals surface area contributed by atoms with E-state index in [9.17, 15) is 5.11 Å². The zero-order valence-corrected chi connectivity index (χ0v) is 13.6. The second kappa shape index (κ2) is 7.07. The Bertz CT molecular complexity index is 818. The molecule has 0 atom stereocenters. The normalized spacial score (nSPS) is 10.8. The third kappa shape index (κ3) is 4.17. The Morgan fingerprint density at radius 1 is 0.783 bits per heavy atom. The standard InChI is InChI=1S/C18H13BrN2O2/c19-13-6-11-18(22)17(12-13)21-20-14-7-9-16(10-8-14)23-15-4-2-1-3-5-15/h1-12,22H. The van der Waals surface area contributed by atoms with Crippen LogP contribution >= 0.6 is 15.9 Å². The summed E-state index contributed by atoms with van der Waals surface area (Å²) in [6.07, 6.45) is 0. The van der Waals surface area contributed by atoms with Crippen LogP contribution in [0.5, 0.6) is 17.2 Å². The number of rotatable bonds is 4. The summed E-state index contributed by atoms with van der Waals surface area (Å²) >= 11 is 3.33. The summed E-state index contributed by atoms with van der Waals surface area (Å²) in [6, 6.07) is 21.8. The van der Waals surface area contributed by atoms with E-state index in [1.54, 1.807) is 30.3 Å². The molecule has 0 radical (unpaired) electrons. The molecule has 0 amide bonds. The van der Waals surface area contributed by atoms with Gasteiger partial charge in [0.1, 0.15) is 22.9 Å². The molecule has 5 heteroatoms. The maximum atomic E-state index is 9.73. The SMILES string of the molecule is Oc1ccc(Br)cc1N=Nc1ccc(Oc2ccccc2)cc1. The average Bonchev–Trinajstić information content (AvgIpc) is 2.58. The maximum absolute atomic E-state index is 9.73. The van der Waals surface area contributed by atoms with Gasteiger partial charge < -0.3 is 9.84 Å². The van der Waals surface area contributed by atoms with Gasteiger partial charge in [0.25, 0.3) is 0 Å². The van der Waals surface area contributed by atoms with Crippen LogP contribution in [0.1, 0.15) is 0 Å². The fourth-order valence-corrected chi connectivity index (χ4v) is 2.24. The van der Waals surface area contributed by atoms with Gasteiger partial charge in [0.15, 0.2) is 0 Å². The van der Waals surface area contributed by atoms with E-state index in [1.807, 2.05) is 42.5 Å². The number of nitrogens with zero attached hydrogens (tertiary/aromatic N) is 2. The first kappa shape index (κ1) is 15.2. The Morgan fingerprint density at radius 3 is 2.22 bits per heavy atom. The lowest BCUT2D eigenvalue weighted by atomic mass is 10.3. The lowest BCUT2D eigenvalue weighted by molar-refractivity contribution is 0.476. The predicted octanol–water partition coefficient (Wildman–Crippen LogP) is 6.36. The molecule has 0 heterocycles. The van der Waals surface area contributed by atoms with Crippen molar-refractivity contribution >= 4 is 27.3 Å². The molecule has 0 bridgehead atoms. The highest BCUT2D eigenvalue weighted by atomic mass is 79.9. The van der Waals surface area contributed by atoms with Gasteiger partial charge >= 0.3 is 0 Å². The molecule has 0 saturated carbocycles. The molecule has 3 aromatic rings. The second-order valence-corrected chi connectivity index (χ2v) is 5.66. The molecule has 23 heavy (non-hydrogen) atoms. The van der Waals surface area contributed by atoms with Crippen LogP contribution in [0.4, 0.5) is 11.4 Å². The van der Waals surface area contributed by atoms with Gasteiger partial charge in [-0.1, -0.05) is 34.1 Å². The molecule has 0 aliphatic heterocycles. The van der Waals surface area contributed by atoms with Crippen molar-refractivity contribution in [1.82, 2.24) is 0 Å². The van der Waals surface area contributed by atoms with Crippen molar-refractivity contribution in [3.8, 4) is 17.2 Å². The van der Waals surface area contributed by atoms with E-state index in [-0.39, 0.29) is 5.75 Å². The molecule has 3 rings (SSSR count). The number of benzene rings is 3. The first-order valence-corrected chi connectivity index (χ1v) is 7.73. The van der Waals surface area contributed by atoms with E-state index < -0.39 is 0 Å². The molecule has 0 aliphatic rings. The summed E-state index contributed by atoms with van der Waals surface area (Å²) in [5.74, 6) is 1.59. The number of phenols is 1. The Balaban J connectivity index is 1.72. The quantitative estimate of drug-likeness (QED) is 0.544. The molecule has 0 aromatic heterocycles. The van der Waals surface area contributed by atoms with Crippen LogP contribution in [-0.2, 0) is 0 Å². The van der Waals surface area contributed by atoms with Gasteiger partial charge in [-0.3, -0.25) is 0 Å². The third-order valence-electron chi connectivity index (χ3n) is 3.03. The first-order chi connectivity index (χ1) is 11.2. The summed E-state index contributed by atoms with van der Waals surface area (Å²) in [6.45, 7) is 0. The van der Waals surface area contributed by atoms with Gasteiger partial charge in [0.05, 0.1) is 5.69 Å². The molecular weight excluding hydrogens is 356 g/mol. The number of ether oxygens (including phenoxy) is 1. The van der Waals surface area contributed by atoms with Crippen LogP contribution in [0.2, 0.25) is 0 Å². The monoisotopic (exact) mass is 368 g/mol. The molecule has 0 fully saturated rings. The lowest BCUT2D eigenvalue weighted by Gasteiger charge is -2.05. The maximum Gasteiger partial charge on any atom is 0.143 e. The van der Waals surface area contributed by atoms with E-state index in [1.165, 1.54) is 0 Å². The zero-order valence-electron chi connectivity index (χ0n) is 12.1. The van der Waals surface area contributed by atoms with Crippen molar-refractivity contribution in [2.75, 3.05) is 0 Å². The number of halogens is 1. The molecule has 0 spiro atoms. The Morgan fingerprint density at radius 2 is 1.48 bits per heavy atom. The number of aromatic hydroxyl groups is 1. The van der Waals surface area contributed by atoms with Crippen molar-refractivity contribution in [3.05, 3.63) is 77.3 Å². The van der Waals surface area contributed by atoms with Crippen molar-refractivity contribution in [1.29, 1.82) is 0 Å². The highest BCUT2D eigenvalue weighted by Crippen LogP contribution is 2.31. The van der Waals surface area contributed by atoms with Crippen molar-refractivity contribution in [3.63, 3.8) is 0 Å². The minimum Gasteiger partial charge on any atom is -0.506 e. The fraction of sp³-hybridized carbons (Fsp3) is 0. The van der Waals surface area contributed by atoms with Crippen molar-refractivity contribution in [2.24, 2.45) is 10.2 Å². The van der Waals surface area contributed by atoms with Gasteiger partial charge in [-0.25, -0.2) is 0 Å². The molecule has 3 aromatic carbocycles. The van der Waals surface area contributed by atoms with Gasteiger partial charge in [0.2, 0.25) is 0 Å². The first-order valence-electron chi connectivity index (χ1n) is 6.94. The van der Waals surface area contributed by atoms with E-state index >= 15 is 0 Å². The van der Waals surface area contributed by atoms with E-state index in [0.29, 0.717) is 11.4 Å². The summed E-state index contributed by atoms with van der Waals surface area (Å²) < 4.78 is 6.54. The Kier molecular flexibility index (Phi) is 4.68. The van der Waals surface area contributed by atoms with Gasteiger partial charge in [-0.05, 0) is 54.6 Å². The summed E-state index contributed by atoms with van der Waals surface area (Å²) in [4.78, 5) is 0. The molecule has 114 valence electrons. The highest BCUT2D eigenvalue weighted by molar-refractivity contribution is 9.10. The topological polar surface area (TPSA) is 54.2 Å². The van der Waals surface area contributed by atoms with Crippen molar-refractivity contribution < 1.29 is 9.84 Å². The van der Waals surface area contributed by atoms with Crippen LogP contribution in [-0.4, -0.2) is 5.11 Å². The Hall–Kier alpha value is -2.66. The number of hydrogen-bond donors (Lipinski definition) is 1. The van der Waals surface area contributed by atoms with E-state index in [2.05, 4.69) is 26.2 Å². The van der Waals surface area contributed by atoms with Crippen LogP contribution in [0.15, 0.2) is 87.5 Å². The number of hydrogen-bond acceptors (Lipinski definition) is 4.